The van der Waals surface area contributed by atoms with Gasteiger partial charge in [0.2, 0.25) is 0 Å². The highest BCUT2D eigenvalue weighted by atomic mass is 16.3. The Morgan fingerprint density at radius 1 is 0.706 bits per heavy atom. The third-order valence-electron chi connectivity index (χ3n) is 6.55. The van der Waals surface area contributed by atoms with Gasteiger partial charge in [0.15, 0.2) is 0 Å². The van der Waals surface area contributed by atoms with Gasteiger partial charge in [-0.05, 0) is 36.4 Å². The summed E-state index contributed by atoms with van der Waals surface area (Å²) in [4.78, 5) is 4.32. The molecule has 0 bridgehead atoms. The highest BCUT2D eigenvalue weighted by Crippen LogP contribution is 2.42. The molecule has 158 valence electrons. The van der Waals surface area contributed by atoms with Crippen LogP contribution in [0.2, 0.25) is 0 Å². The number of para-hydroxylation sites is 3. The molecule has 0 atom stereocenters. The van der Waals surface area contributed by atoms with Crippen molar-refractivity contribution in [2.24, 2.45) is 0 Å². The van der Waals surface area contributed by atoms with Crippen LogP contribution in [-0.2, 0) is 0 Å². The number of fused-ring (bicyclic) bond motifs is 7. The molecule has 0 radical (unpaired) electrons. The van der Waals surface area contributed by atoms with E-state index in [-0.39, 0.29) is 0 Å². The van der Waals surface area contributed by atoms with Crippen LogP contribution < -0.4 is 0 Å². The van der Waals surface area contributed by atoms with Crippen LogP contribution in [0.3, 0.4) is 0 Å². The summed E-state index contributed by atoms with van der Waals surface area (Å²) in [6.45, 7) is 0. The topological polar surface area (TPSA) is 54.8 Å². The minimum absolute atomic E-state index is 0.599. The van der Waals surface area contributed by atoms with Gasteiger partial charge < -0.3 is 8.98 Å². The van der Waals surface area contributed by atoms with Crippen LogP contribution in [0.25, 0.3) is 60.6 Å². The average Bonchev–Trinajstić information content (AvgIpc) is 3.44. The smallest absolute Gasteiger partial charge is 0.137 e. The molecule has 34 heavy (non-hydrogen) atoms. The van der Waals surface area contributed by atoms with Crippen molar-refractivity contribution in [2.45, 2.75) is 0 Å². The Kier molecular flexibility index (Phi) is 3.88. The average molecular weight is 435 g/mol. The molecule has 0 aliphatic carbocycles. The summed E-state index contributed by atoms with van der Waals surface area (Å²) in [6.07, 6.45) is 3.43. The van der Waals surface area contributed by atoms with Crippen molar-refractivity contribution in [3.05, 3.63) is 109 Å². The SMILES string of the molecule is N#Cc1ccncc1-c1ccccc1-n1c2ccccc2c2ccc3oc4ccccc4c3c21. The van der Waals surface area contributed by atoms with Gasteiger partial charge in [-0.25, -0.2) is 0 Å². The maximum atomic E-state index is 9.78. The Morgan fingerprint density at radius 3 is 2.41 bits per heavy atom. The molecule has 0 saturated carbocycles. The number of nitrogens with zero attached hydrogens (tertiary/aromatic N) is 3. The van der Waals surface area contributed by atoms with E-state index in [2.05, 4.69) is 70.2 Å². The van der Waals surface area contributed by atoms with Crippen LogP contribution >= 0.6 is 0 Å². The zero-order valence-electron chi connectivity index (χ0n) is 18.1. The predicted octanol–water partition coefficient (Wildman–Crippen LogP) is 7.62. The Hall–Kier alpha value is -4.88. The van der Waals surface area contributed by atoms with Gasteiger partial charge >= 0.3 is 0 Å². The molecule has 7 aromatic rings. The number of rotatable bonds is 2. The van der Waals surface area contributed by atoms with Gasteiger partial charge in [0, 0.05) is 39.7 Å². The number of pyridine rings is 1. The number of furan rings is 1. The maximum Gasteiger partial charge on any atom is 0.137 e. The van der Waals surface area contributed by atoms with E-state index in [0.717, 1.165) is 55.2 Å². The van der Waals surface area contributed by atoms with Crippen LogP contribution in [0.15, 0.2) is 108 Å². The van der Waals surface area contributed by atoms with Gasteiger partial charge in [-0.15, -0.1) is 0 Å². The van der Waals surface area contributed by atoms with Gasteiger partial charge in [0.05, 0.1) is 33.7 Å². The van der Waals surface area contributed by atoms with Crippen LogP contribution in [0, 0.1) is 11.3 Å². The van der Waals surface area contributed by atoms with E-state index >= 15 is 0 Å². The molecule has 0 amide bonds. The lowest BCUT2D eigenvalue weighted by atomic mass is 10.0. The van der Waals surface area contributed by atoms with E-state index < -0.39 is 0 Å². The Bertz CT molecular complexity index is 1930. The molecule has 0 fully saturated rings. The lowest BCUT2D eigenvalue weighted by Crippen LogP contribution is -1.98. The summed E-state index contributed by atoms with van der Waals surface area (Å²) in [7, 11) is 0. The van der Waals surface area contributed by atoms with E-state index in [9.17, 15) is 5.26 Å². The molecule has 3 aromatic heterocycles. The minimum atomic E-state index is 0.599. The number of benzene rings is 4. The number of aromatic nitrogens is 2. The number of hydrogen-bond acceptors (Lipinski definition) is 3. The highest BCUT2D eigenvalue weighted by Gasteiger charge is 2.21. The van der Waals surface area contributed by atoms with Crippen molar-refractivity contribution in [3.63, 3.8) is 0 Å². The fraction of sp³-hybridized carbons (Fsp3) is 0. The van der Waals surface area contributed by atoms with Crippen molar-refractivity contribution in [3.8, 4) is 22.9 Å². The van der Waals surface area contributed by atoms with Crippen molar-refractivity contribution in [1.29, 1.82) is 5.26 Å². The molecular weight excluding hydrogens is 418 g/mol. The van der Waals surface area contributed by atoms with Crippen molar-refractivity contribution in [1.82, 2.24) is 9.55 Å². The highest BCUT2D eigenvalue weighted by molar-refractivity contribution is 6.24. The largest absolute Gasteiger partial charge is 0.456 e. The van der Waals surface area contributed by atoms with Crippen molar-refractivity contribution in [2.75, 3.05) is 0 Å². The lowest BCUT2D eigenvalue weighted by molar-refractivity contribution is 0.669. The van der Waals surface area contributed by atoms with E-state index in [4.69, 9.17) is 4.42 Å². The molecule has 4 nitrogen and oxygen atoms in total. The summed E-state index contributed by atoms with van der Waals surface area (Å²) in [5.41, 5.74) is 7.29. The first-order valence-corrected chi connectivity index (χ1v) is 11.1. The van der Waals surface area contributed by atoms with E-state index in [0.29, 0.717) is 5.56 Å². The standard InChI is InChI=1S/C30H17N3O/c31-17-19-15-16-32-18-24(19)21-8-2-5-11-26(21)33-25-10-4-1-7-20(25)22-13-14-28-29(30(22)33)23-9-3-6-12-27(23)34-28/h1-16,18H. The normalized spacial score (nSPS) is 11.5. The monoisotopic (exact) mass is 435 g/mol. The number of nitriles is 1. The van der Waals surface area contributed by atoms with Gasteiger partial charge in [-0.2, -0.15) is 5.26 Å². The fourth-order valence-corrected chi connectivity index (χ4v) is 5.12. The minimum Gasteiger partial charge on any atom is -0.456 e. The summed E-state index contributed by atoms with van der Waals surface area (Å²) in [5, 5.41) is 14.3. The van der Waals surface area contributed by atoms with Crippen molar-refractivity contribution >= 4 is 43.7 Å². The zero-order valence-corrected chi connectivity index (χ0v) is 18.1. The summed E-state index contributed by atoms with van der Waals surface area (Å²) >= 11 is 0. The Balaban J connectivity index is 1.71. The van der Waals surface area contributed by atoms with E-state index in [1.54, 1.807) is 18.5 Å². The number of hydrogen-bond donors (Lipinski definition) is 0. The van der Waals surface area contributed by atoms with E-state index in [1.807, 2.05) is 30.3 Å². The second kappa shape index (κ2) is 7.06. The van der Waals surface area contributed by atoms with Gasteiger partial charge in [-0.3, -0.25) is 4.98 Å². The summed E-state index contributed by atoms with van der Waals surface area (Å²) in [5.74, 6) is 0. The third kappa shape index (κ3) is 2.49. The third-order valence-corrected chi connectivity index (χ3v) is 6.55. The quantitative estimate of drug-likeness (QED) is 0.281. The molecule has 0 aliphatic heterocycles. The Labute approximate surface area is 194 Å². The first-order chi connectivity index (χ1) is 16.8. The van der Waals surface area contributed by atoms with Crippen LogP contribution in [0.4, 0.5) is 0 Å². The molecule has 0 aliphatic rings. The molecule has 4 aromatic carbocycles. The summed E-state index contributed by atoms with van der Waals surface area (Å²) in [6, 6.07) is 33.1. The molecule has 0 spiro atoms. The van der Waals surface area contributed by atoms with Gasteiger partial charge in [-0.1, -0.05) is 54.6 Å². The Morgan fingerprint density at radius 2 is 1.50 bits per heavy atom. The molecular formula is C30H17N3O. The lowest BCUT2D eigenvalue weighted by Gasteiger charge is -2.15. The molecule has 0 saturated heterocycles. The van der Waals surface area contributed by atoms with Crippen LogP contribution in [-0.4, -0.2) is 9.55 Å². The molecule has 0 N–H and O–H groups in total. The zero-order chi connectivity index (χ0) is 22.6. The first kappa shape index (κ1) is 18.7. The summed E-state index contributed by atoms with van der Waals surface area (Å²) < 4.78 is 8.54. The van der Waals surface area contributed by atoms with Crippen molar-refractivity contribution < 1.29 is 4.42 Å². The van der Waals surface area contributed by atoms with Crippen LogP contribution in [0.5, 0.6) is 0 Å². The molecule has 3 heterocycles. The second-order valence-corrected chi connectivity index (χ2v) is 8.34. The fourth-order valence-electron chi connectivity index (χ4n) is 5.12. The first-order valence-electron chi connectivity index (χ1n) is 11.1. The van der Waals surface area contributed by atoms with Gasteiger partial charge in [0.25, 0.3) is 0 Å². The molecule has 7 rings (SSSR count). The second-order valence-electron chi connectivity index (χ2n) is 8.34. The van der Waals surface area contributed by atoms with Gasteiger partial charge in [0.1, 0.15) is 11.2 Å². The van der Waals surface area contributed by atoms with E-state index in [1.165, 1.54) is 5.39 Å². The van der Waals surface area contributed by atoms with Crippen LogP contribution in [0.1, 0.15) is 5.56 Å². The molecule has 4 heteroatoms. The maximum absolute atomic E-state index is 9.78. The molecule has 0 unspecified atom stereocenters. The predicted molar refractivity (Wildman–Crippen MR) is 136 cm³/mol.